The summed E-state index contributed by atoms with van der Waals surface area (Å²) in [6.45, 7) is 0. The van der Waals surface area contributed by atoms with E-state index in [4.69, 9.17) is 11.5 Å². The molecule has 6 heteroatoms. The Hall–Kier alpha value is -1.72. The fraction of sp³-hybridized carbons (Fsp3) is 0.143. The number of halogens is 2. The summed E-state index contributed by atoms with van der Waals surface area (Å²) in [5.41, 5.74) is 9.31. The molecule has 0 atom stereocenters. The van der Waals surface area contributed by atoms with Crippen LogP contribution in [0.1, 0.15) is 22.3 Å². The molecule has 4 nitrogen and oxygen atoms in total. The third-order valence-electron chi connectivity index (χ3n) is 1.57. The minimum Gasteiger partial charge on any atom is -0.395 e. The van der Waals surface area contributed by atoms with Crippen LogP contribution in [0.3, 0.4) is 0 Å². The molecule has 1 aromatic rings. The van der Waals surface area contributed by atoms with Gasteiger partial charge in [0.25, 0.3) is 6.43 Å². The van der Waals surface area contributed by atoms with E-state index in [1.54, 1.807) is 0 Å². The summed E-state index contributed by atoms with van der Waals surface area (Å²) < 4.78 is 24.7. The number of hydrogen-bond donors (Lipinski definition) is 2. The molecule has 0 radical (unpaired) electrons. The van der Waals surface area contributed by atoms with Gasteiger partial charge in [0.15, 0.2) is 6.29 Å². The first-order chi connectivity index (χ1) is 6.07. The first-order valence-corrected chi connectivity index (χ1v) is 3.35. The maximum atomic E-state index is 12.3. The number of aromatic nitrogens is 1. The van der Waals surface area contributed by atoms with Gasteiger partial charge < -0.3 is 11.5 Å². The van der Waals surface area contributed by atoms with Crippen LogP contribution in [-0.2, 0) is 0 Å². The van der Waals surface area contributed by atoms with E-state index < -0.39 is 12.0 Å². The summed E-state index contributed by atoms with van der Waals surface area (Å²) in [6.07, 6.45) is -1.59. The average molecular weight is 187 g/mol. The smallest absolute Gasteiger partial charge is 0.266 e. The number of rotatable bonds is 2. The first kappa shape index (κ1) is 9.37. The van der Waals surface area contributed by atoms with E-state index in [0.717, 1.165) is 6.20 Å². The molecule has 0 aliphatic rings. The number of nitrogens with two attached hydrogens (primary N) is 2. The van der Waals surface area contributed by atoms with Crippen LogP contribution < -0.4 is 11.5 Å². The minimum absolute atomic E-state index is 0.194. The highest BCUT2D eigenvalue weighted by Crippen LogP contribution is 2.30. The Labute approximate surface area is 72.6 Å². The molecule has 13 heavy (non-hydrogen) atoms. The molecule has 4 N–H and O–H groups in total. The molecule has 1 heterocycles. The second-order valence-electron chi connectivity index (χ2n) is 2.34. The molecular formula is C7H7F2N3O. The monoisotopic (exact) mass is 187 g/mol. The molecule has 0 saturated heterocycles. The predicted octanol–water partition coefficient (Wildman–Crippen LogP) is 0.996. The van der Waals surface area contributed by atoms with Crippen molar-refractivity contribution in [3.63, 3.8) is 0 Å². The number of carbonyl (C=O) groups is 1. The van der Waals surface area contributed by atoms with Crippen molar-refractivity contribution in [2.75, 3.05) is 11.5 Å². The van der Waals surface area contributed by atoms with E-state index in [-0.39, 0.29) is 23.4 Å². The maximum Gasteiger partial charge on any atom is 0.266 e. The number of alkyl halides is 2. The van der Waals surface area contributed by atoms with Crippen LogP contribution in [0.15, 0.2) is 6.20 Å². The SMILES string of the molecule is Nc1ncc(C=O)c(C(F)F)c1N. The van der Waals surface area contributed by atoms with Gasteiger partial charge in [-0.25, -0.2) is 13.8 Å². The van der Waals surface area contributed by atoms with Gasteiger partial charge in [0.05, 0.1) is 11.3 Å². The zero-order valence-corrected chi connectivity index (χ0v) is 6.50. The Morgan fingerprint density at radius 1 is 1.46 bits per heavy atom. The molecule has 0 aliphatic heterocycles. The lowest BCUT2D eigenvalue weighted by Gasteiger charge is -2.08. The third kappa shape index (κ3) is 1.56. The molecule has 70 valence electrons. The van der Waals surface area contributed by atoms with Crippen molar-refractivity contribution in [3.8, 4) is 0 Å². The zero-order valence-electron chi connectivity index (χ0n) is 6.50. The molecule has 0 amide bonds. The van der Waals surface area contributed by atoms with Gasteiger partial charge in [-0.3, -0.25) is 4.79 Å². The van der Waals surface area contributed by atoms with Crippen molar-refractivity contribution in [1.29, 1.82) is 0 Å². The highest BCUT2D eigenvalue weighted by atomic mass is 19.3. The Kier molecular flexibility index (Phi) is 2.41. The standard InChI is InChI=1S/C7H7F2N3O/c8-6(9)4-3(2-13)1-12-7(11)5(4)10/h1-2,6H,10H2,(H2,11,12). The Morgan fingerprint density at radius 3 is 2.54 bits per heavy atom. The topological polar surface area (TPSA) is 82.0 Å². The van der Waals surface area contributed by atoms with Crippen molar-refractivity contribution in [3.05, 3.63) is 17.3 Å². The van der Waals surface area contributed by atoms with E-state index in [1.807, 2.05) is 0 Å². The van der Waals surface area contributed by atoms with E-state index in [2.05, 4.69) is 4.98 Å². The van der Waals surface area contributed by atoms with Crippen LogP contribution >= 0.6 is 0 Å². The maximum absolute atomic E-state index is 12.3. The zero-order chi connectivity index (χ0) is 10.0. The van der Waals surface area contributed by atoms with Crippen molar-refractivity contribution >= 4 is 17.8 Å². The summed E-state index contributed by atoms with van der Waals surface area (Å²) in [7, 11) is 0. The van der Waals surface area contributed by atoms with Crippen molar-refractivity contribution in [2.24, 2.45) is 0 Å². The van der Waals surface area contributed by atoms with Gasteiger partial charge in [0.1, 0.15) is 5.82 Å². The van der Waals surface area contributed by atoms with Gasteiger partial charge in [-0.1, -0.05) is 0 Å². The third-order valence-corrected chi connectivity index (χ3v) is 1.57. The number of pyridine rings is 1. The lowest BCUT2D eigenvalue weighted by Crippen LogP contribution is -2.06. The Morgan fingerprint density at radius 2 is 2.08 bits per heavy atom. The molecule has 0 unspecified atom stereocenters. The van der Waals surface area contributed by atoms with Gasteiger partial charge in [-0.05, 0) is 0 Å². The summed E-state index contributed by atoms with van der Waals surface area (Å²) >= 11 is 0. The molecule has 0 saturated carbocycles. The van der Waals surface area contributed by atoms with E-state index in [1.165, 1.54) is 0 Å². The van der Waals surface area contributed by atoms with Crippen LogP contribution in [0.25, 0.3) is 0 Å². The summed E-state index contributed by atoms with van der Waals surface area (Å²) in [4.78, 5) is 13.8. The summed E-state index contributed by atoms with van der Waals surface area (Å²) in [6, 6.07) is 0. The highest BCUT2D eigenvalue weighted by molar-refractivity contribution is 5.82. The largest absolute Gasteiger partial charge is 0.395 e. The van der Waals surface area contributed by atoms with Crippen molar-refractivity contribution in [1.82, 2.24) is 4.98 Å². The number of aldehydes is 1. The quantitative estimate of drug-likeness (QED) is 0.676. The van der Waals surface area contributed by atoms with E-state index >= 15 is 0 Å². The van der Waals surface area contributed by atoms with Crippen molar-refractivity contribution in [2.45, 2.75) is 6.43 Å². The predicted molar refractivity (Wildman–Crippen MR) is 43.4 cm³/mol. The van der Waals surface area contributed by atoms with Crippen LogP contribution in [0, 0.1) is 0 Å². The number of nitrogens with zero attached hydrogens (tertiary/aromatic N) is 1. The molecule has 0 spiro atoms. The Bertz CT molecular complexity index is 341. The van der Waals surface area contributed by atoms with Gasteiger partial charge in [0.2, 0.25) is 0 Å². The average Bonchev–Trinajstić information content (AvgIpc) is 2.08. The van der Waals surface area contributed by atoms with Gasteiger partial charge in [-0.15, -0.1) is 0 Å². The van der Waals surface area contributed by atoms with Crippen LogP contribution in [-0.4, -0.2) is 11.3 Å². The second kappa shape index (κ2) is 3.34. The fourth-order valence-corrected chi connectivity index (χ4v) is 0.909. The Balaban J connectivity index is 3.41. The minimum atomic E-state index is -2.83. The fourth-order valence-electron chi connectivity index (χ4n) is 0.909. The van der Waals surface area contributed by atoms with E-state index in [9.17, 15) is 13.6 Å². The summed E-state index contributed by atoms with van der Waals surface area (Å²) in [5.74, 6) is -0.194. The molecule has 0 aliphatic carbocycles. The van der Waals surface area contributed by atoms with Gasteiger partial charge in [0, 0.05) is 11.8 Å². The molecule has 1 aromatic heterocycles. The molecule has 0 aromatic carbocycles. The van der Waals surface area contributed by atoms with Gasteiger partial charge >= 0.3 is 0 Å². The van der Waals surface area contributed by atoms with Gasteiger partial charge in [-0.2, -0.15) is 0 Å². The summed E-state index contributed by atoms with van der Waals surface area (Å²) in [5, 5.41) is 0. The highest BCUT2D eigenvalue weighted by Gasteiger charge is 2.18. The second-order valence-corrected chi connectivity index (χ2v) is 2.34. The molecule has 0 fully saturated rings. The number of carbonyl (C=O) groups excluding carboxylic acids is 1. The van der Waals surface area contributed by atoms with Crippen LogP contribution in [0.4, 0.5) is 20.3 Å². The van der Waals surface area contributed by atoms with Crippen molar-refractivity contribution < 1.29 is 13.6 Å². The lowest BCUT2D eigenvalue weighted by atomic mass is 10.1. The van der Waals surface area contributed by atoms with Crippen LogP contribution in [0.2, 0.25) is 0 Å². The number of nitrogen functional groups attached to an aromatic ring is 2. The molecule has 1 rings (SSSR count). The first-order valence-electron chi connectivity index (χ1n) is 3.35. The normalized spacial score (nSPS) is 10.4. The number of anilines is 2. The lowest BCUT2D eigenvalue weighted by molar-refractivity contribution is 0.110. The number of hydrogen-bond acceptors (Lipinski definition) is 4. The van der Waals surface area contributed by atoms with Crippen LogP contribution in [0.5, 0.6) is 0 Å². The molecular weight excluding hydrogens is 180 g/mol. The molecule has 0 bridgehead atoms. The van der Waals surface area contributed by atoms with E-state index in [0.29, 0.717) is 0 Å².